The van der Waals surface area contributed by atoms with E-state index in [1.807, 2.05) is 6.92 Å². The zero-order chi connectivity index (χ0) is 38.8. The number of ketones is 4. The molecule has 0 saturated heterocycles. The minimum atomic E-state index is -0.196. The third-order valence-electron chi connectivity index (χ3n) is 11.4. The quantitative estimate of drug-likeness (QED) is 0.250. The summed E-state index contributed by atoms with van der Waals surface area (Å²) in [4.78, 5) is 46.9. The van der Waals surface area contributed by atoms with E-state index >= 15 is 0 Å². The number of hydrogen-bond donors (Lipinski definition) is 1. The molecule has 2 fully saturated rings. The summed E-state index contributed by atoms with van der Waals surface area (Å²) in [6, 6.07) is 0. The minimum absolute atomic E-state index is 0.196. The van der Waals surface area contributed by atoms with Crippen molar-refractivity contribution in [3.05, 3.63) is 12.2 Å². The van der Waals surface area contributed by atoms with E-state index in [1.54, 1.807) is 0 Å². The molecule has 3 rings (SSSR count). The number of aliphatic hydroxyl groups excluding tert-OH is 1. The zero-order valence-electron chi connectivity index (χ0n) is 35.3. The number of rotatable bonds is 0. The monoisotopic (exact) mass is 743 g/mol. The molecule has 0 amide bonds. The van der Waals surface area contributed by atoms with Gasteiger partial charge in [0.05, 0.1) is 6.10 Å². The van der Waals surface area contributed by atoms with Gasteiger partial charge in [-0.25, -0.2) is 0 Å². The maximum Gasteiger partial charge on any atom is 0.133 e. The molecule has 53 heavy (non-hydrogen) atoms. The Hall–Kier alpha value is -1.62. The Morgan fingerprint density at radius 3 is 1.13 bits per heavy atom. The van der Waals surface area contributed by atoms with Crippen molar-refractivity contribution in [3.8, 4) is 0 Å². The van der Waals surface area contributed by atoms with Gasteiger partial charge in [-0.15, -0.1) is 0 Å². The van der Waals surface area contributed by atoms with Crippen molar-refractivity contribution < 1.29 is 24.3 Å². The standard InChI is InChI=1S/C16H30O2.C16H28O2.C16H28O/c2*1-14-12-15(17)10-8-6-4-2-3-5-7-9-11-16(18)13-14;1-15-12-10-8-6-4-2-3-5-7-9-11-13-16(17)14-15/h14-15,17H,2-13H2,1H3;14H,2-13H2,1H3;8,10,15H,2-7,9,11-14H2,1H3. The highest BCUT2D eigenvalue weighted by atomic mass is 16.3. The van der Waals surface area contributed by atoms with Crippen LogP contribution in [0.25, 0.3) is 0 Å². The third kappa shape index (κ3) is 33.4. The maximum absolute atomic E-state index is 11.8. The summed E-state index contributed by atoms with van der Waals surface area (Å²) in [5.74, 6) is 2.69. The Bertz CT molecular complexity index is 928. The van der Waals surface area contributed by atoms with Crippen molar-refractivity contribution in [1.29, 1.82) is 0 Å². The molecule has 308 valence electrons. The van der Waals surface area contributed by atoms with Gasteiger partial charge >= 0.3 is 0 Å². The van der Waals surface area contributed by atoms with Crippen molar-refractivity contribution in [2.24, 2.45) is 17.8 Å². The smallest absolute Gasteiger partial charge is 0.133 e. The average molecular weight is 743 g/mol. The minimum Gasteiger partial charge on any atom is -0.393 e. The molecule has 5 heteroatoms. The lowest BCUT2D eigenvalue weighted by Gasteiger charge is -2.15. The molecule has 5 nitrogen and oxygen atoms in total. The van der Waals surface area contributed by atoms with Gasteiger partial charge in [0.1, 0.15) is 23.1 Å². The Morgan fingerprint density at radius 2 is 0.717 bits per heavy atom. The number of hydrogen-bond acceptors (Lipinski definition) is 5. The maximum atomic E-state index is 11.8. The van der Waals surface area contributed by atoms with Crippen molar-refractivity contribution >= 4 is 23.1 Å². The molecule has 0 aromatic rings. The molecule has 1 N–H and O–H groups in total. The van der Waals surface area contributed by atoms with Crippen LogP contribution in [0, 0.1) is 17.8 Å². The molecule has 0 aromatic heterocycles. The summed E-state index contributed by atoms with van der Waals surface area (Å²) in [5, 5.41) is 9.92. The molecule has 2 saturated carbocycles. The van der Waals surface area contributed by atoms with E-state index in [9.17, 15) is 24.3 Å². The van der Waals surface area contributed by atoms with E-state index in [-0.39, 0.29) is 12.0 Å². The highest BCUT2D eigenvalue weighted by molar-refractivity contribution is 5.81. The Labute approximate surface area is 328 Å². The summed E-state index contributed by atoms with van der Waals surface area (Å²) in [7, 11) is 0. The first-order chi connectivity index (χ1) is 25.7. The van der Waals surface area contributed by atoms with Gasteiger partial charge in [0.15, 0.2) is 0 Å². The van der Waals surface area contributed by atoms with Gasteiger partial charge < -0.3 is 5.11 Å². The van der Waals surface area contributed by atoms with Crippen molar-refractivity contribution in [3.63, 3.8) is 0 Å². The molecule has 3 aliphatic carbocycles. The van der Waals surface area contributed by atoms with E-state index in [0.717, 1.165) is 83.5 Å². The van der Waals surface area contributed by atoms with Crippen LogP contribution in [0.1, 0.15) is 245 Å². The molecule has 0 aromatic carbocycles. The normalized spacial score (nSPS) is 26.7. The molecule has 3 atom stereocenters. The van der Waals surface area contributed by atoms with Crippen LogP contribution in [0.3, 0.4) is 0 Å². The van der Waals surface area contributed by atoms with Crippen LogP contribution in [0.15, 0.2) is 12.2 Å². The van der Waals surface area contributed by atoms with Gasteiger partial charge in [0, 0.05) is 51.4 Å². The second-order valence-electron chi connectivity index (χ2n) is 17.6. The van der Waals surface area contributed by atoms with Gasteiger partial charge in [-0.3, -0.25) is 19.2 Å². The lowest BCUT2D eigenvalue weighted by molar-refractivity contribution is -0.122. The second-order valence-corrected chi connectivity index (χ2v) is 17.6. The molecule has 0 spiro atoms. The van der Waals surface area contributed by atoms with E-state index in [0.29, 0.717) is 54.2 Å². The van der Waals surface area contributed by atoms with Crippen molar-refractivity contribution in [1.82, 2.24) is 0 Å². The van der Waals surface area contributed by atoms with Gasteiger partial charge in [-0.1, -0.05) is 148 Å². The Balaban J connectivity index is 0.000000398. The first kappa shape index (κ1) is 49.4. The second kappa shape index (κ2) is 34.8. The van der Waals surface area contributed by atoms with E-state index in [4.69, 9.17) is 0 Å². The highest BCUT2D eigenvalue weighted by Crippen LogP contribution is 2.20. The van der Waals surface area contributed by atoms with Gasteiger partial charge in [-0.05, 0) is 75.5 Å². The number of allylic oxidation sites excluding steroid dienone is 2. The largest absolute Gasteiger partial charge is 0.393 e. The van der Waals surface area contributed by atoms with Crippen LogP contribution in [-0.4, -0.2) is 34.3 Å². The first-order valence-corrected chi connectivity index (χ1v) is 23.1. The predicted molar refractivity (Wildman–Crippen MR) is 224 cm³/mol. The SMILES string of the molecule is CC1CC(=O)CCCCCCCCCCC(=O)C1.CC1CC(=O)CCCCCCCCCCC(O)C1.CC1CC=CCCCCCCCCCC(=O)C1. The zero-order valence-corrected chi connectivity index (χ0v) is 35.3. The van der Waals surface area contributed by atoms with Crippen LogP contribution in [0.5, 0.6) is 0 Å². The topological polar surface area (TPSA) is 88.5 Å². The molecule has 0 bridgehead atoms. The van der Waals surface area contributed by atoms with E-state index in [2.05, 4.69) is 26.0 Å². The average Bonchev–Trinajstić information content (AvgIpc) is 3.11. The number of aliphatic hydroxyl groups is 1. The fraction of sp³-hybridized carbons (Fsp3) is 0.875. The van der Waals surface area contributed by atoms with E-state index in [1.165, 1.54) is 122 Å². The molecular weight excluding hydrogens is 657 g/mol. The fourth-order valence-corrected chi connectivity index (χ4v) is 8.17. The fourth-order valence-electron chi connectivity index (χ4n) is 8.17. The molecule has 0 radical (unpaired) electrons. The molecule has 0 heterocycles. The summed E-state index contributed by atoms with van der Waals surface area (Å²) < 4.78 is 0. The Morgan fingerprint density at radius 1 is 0.396 bits per heavy atom. The third-order valence-corrected chi connectivity index (χ3v) is 11.4. The molecular formula is C48H86O5. The van der Waals surface area contributed by atoms with Crippen molar-refractivity contribution in [2.45, 2.75) is 252 Å². The van der Waals surface area contributed by atoms with E-state index < -0.39 is 0 Å². The molecule has 3 unspecified atom stereocenters. The molecule has 3 aliphatic rings. The number of carbonyl (C=O) groups excluding carboxylic acids is 4. The highest BCUT2D eigenvalue weighted by Gasteiger charge is 2.15. The number of carbonyl (C=O) groups is 4. The Kier molecular flexibility index (Phi) is 32.5. The van der Waals surface area contributed by atoms with Crippen LogP contribution in [0.2, 0.25) is 0 Å². The van der Waals surface area contributed by atoms with Crippen LogP contribution in [0.4, 0.5) is 0 Å². The van der Waals surface area contributed by atoms with Crippen LogP contribution in [-0.2, 0) is 19.2 Å². The lowest BCUT2D eigenvalue weighted by atomic mass is 9.94. The first-order valence-electron chi connectivity index (χ1n) is 23.1. The lowest BCUT2D eigenvalue weighted by Crippen LogP contribution is -2.14. The van der Waals surface area contributed by atoms with Gasteiger partial charge in [0.25, 0.3) is 0 Å². The van der Waals surface area contributed by atoms with Gasteiger partial charge in [-0.2, -0.15) is 0 Å². The van der Waals surface area contributed by atoms with Crippen molar-refractivity contribution in [2.75, 3.05) is 0 Å². The summed E-state index contributed by atoms with van der Waals surface area (Å²) in [6.45, 7) is 6.33. The van der Waals surface area contributed by atoms with Crippen LogP contribution < -0.4 is 0 Å². The number of Topliss-reactive ketones (excluding diaryl/α,β-unsaturated/α-hetero) is 4. The summed E-state index contributed by atoms with van der Waals surface area (Å²) in [5.41, 5.74) is 0. The predicted octanol–water partition coefficient (Wildman–Crippen LogP) is 13.8. The molecule has 0 aliphatic heterocycles. The summed E-state index contributed by atoms with van der Waals surface area (Å²) >= 11 is 0. The van der Waals surface area contributed by atoms with Gasteiger partial charge in [0.2, 0.25) is 0 Å². The summed E-state index contributed by atoms with van der Waals surface area (Å²) in [6.07, 6.45) is 42.6. The van der Waals surface area contributed by atoms with Crippen LogP contribution >= 0.6 is 0 Å².